The minimum absolute atomic E-state index is 0.353. The third kappa shape index (κ3) is 3.33. The highest BCUT2D eigenvalue weighted by molar-refractivity contribution is 9.10. The molecular weight excluding hydrogens is 339 g/mol. The van der Waals surface area contributed by atoms with E-state index in [1.807, 2.05) is 0 Å². The quantitative estimate of drug-likeness (QED) is 0.827. The van der Waals surface area contributed by atoms with E-state index in [1.54, 1.807) is 25.1 Å². The maximum absolute atomic E-state index is 13.5. The zero-order valence-corrected chi connectivity index (χ0v) is 13.1. The Morgan fingerprint density at radius 1 is 1.33 bits per heavy atom. The molecule has 0 saturated carbocycles. The molecule has 4 nitrogen and oxygen atoms in total. The number of carbonyl (C=O) groups excluding carboxylic acids is 1. The minimum atomic E-state index is -0.440. The lowest BCUT2D eigenvalue weighted by Gasteiger charge is -2.11. The van der Waals surface area contributed by atoms with Gasteiger partial charge in [0, 0.05) is 11.3 Å². The molecule has 0 radical (unpaired) electrons. The molecule has 2 aromatic rings. The van der Waals surface area contributed by atoms with Gasteiger partial charge in [-0.1, -0.05) is 0 Å². The lowest BCUT2D eigenvalue weighted by atomic mass is 10.1. The predicted octanol–water partition coefficient (Wildman–Crippen LogP) is 3.74. The number of halogens is 2. The Bertz CT molecular complexity index is 704. The van der Waals surface area contributed by atoms with Crippen molar-refractivity contribution in [3.8, 4) is 5.75 Å². The van der Waals surface area contributed by atoms with Crippen LogP contribution < -0.4 is 15.8 Å². The molecule has 0 bridgehead atoms. The second-order valence-electron chi connectivity index (χ2n) is 4.49. The minimum Gasteiger partial charge on any atom is -0.495 e. The Morgan fingerprint density at radius 2 is 2.05 bits per heavy atom. The highest BCUT2D eigenvalue weighted by Gasteiger charge is 2.12. The number of anilines is 2. The van der Waals surface area contributed by atoms with E-state index >= 15 is 0 Å². The number of nitrogens with one attached hydrogen (secondary N) is 1. The van der Waals surface area contributed by atoms with Gasteiger partial charge in [-0.25, -0.2) is 4.39 Å². The molecule has 3 N–H and O–H groups in total. The van der Waals surface area contributed by atoms with Crippen molar-refractivity contribution in [3.05, 3.63) is 51.7 Å². The number of aryl methyl sites for hydroxylation is 1. The van der Waals surface area contributed by atoms with E-state index in [1.165, 1.54) is 19.2 Å². The van der Waals surface area contributed by atoms with E-state index in [9.17, 15) is 9.18 Å². The number of carbonyl (C=O) groups is 1. The van der Waals surface area contributed by atoms with Gasteiger partial charge >= 0.3 is 0 Å². The van der Waals surface area contributed by atoms with Crippen molar-refractivity contribution in [2.24, 2.45) is 0 Å². The number of hydrogen-bond donors (Lipinski definition) is 2. The third-order valence-corrected chi connectivity index (χ3v) is 3.62. The van der Waals surface area contributed by atoms with Gasteiger partial charge in [-0.15, -0.1) is 0 Å². The van der Waals surface area contributed by atoms with Crippen LogP contribution in [0.25, 0.3) is 0 Å². The molecule has 110 valence electrons. The number of rotatable bonds is 3. The van der Waals surface area contributed by atoms with Crippen LogP contribution >= 0.6 is 15.9 Å². The Balaban J connectivity index is 2.26. The normalized spacial score (nSPS) is 10.3. The first-order valence-corrected chi connectivity index (χ1v) is 6.92. The molecule has 0 aliphatic heterocycles. The van der Waals surface area contributed by atoms with Crippen molar-refractivity contribution >= 4 is 33.2 Å². The number of amides is 1. The monoisotopic (exact) mass is 352 g/mol. The van der Waals surface area contributed by atoms with Crippen LogP contribution in [0.4, 0.5) is 15.8 Å². The predicted molar refractivity (Wildman–Crippen MR) is 84.2 cm³/mol. The summed E-state index contributed by atoms with van der Waals surface area (Å²) in [5.41, 5.74) is 7.66. The summed E-state index contributed by atoms with van der Waals surface area (Å²) in [7, 11) is 1.50. The molecule has 0 atom stereocenters. The Kier molecular flexibility index (Phi) is 4.47. The van der Waals surface area contributed by atoms with Crippen molar-refractivity contribution in [3.63, 3.8) is 0 Å². The summed E-state index contributed by atoms with van der Waals surface area (Å²) in [6, 6.07) is 7.59. The van der Waals surface area contributed by atoms with E-state index in [4.69, 9.17) is 10.5 Å². The molecule has 0 heterocycles. The number of ether oxygens (including phenoxy) is 1. The number of benzene rings is 2. The van der Waals surface area contributed by atoms with Crippen LogP contribution in [-0.2, 0) is 0 Å². The molecular formula is C15H14BrFN2O2. The van der Waals surface area contributed by atoms with Crippen molar-refractivity contribution in [1.29, 1.82) is 0 Å². The molecule has 0 aliphatic carbocycles. The first-order chi connectivity index (χ1) is 9.92. The fourth-order valence-corrected chi connectivity index (χ4v) is 2.31. The topological polar surface area (TPSA) is 64.3 Å². The maximum atomic E-state index is 13.5. The maximum Gasteiger partial charge on any atom is 0.255 e. The number of nitrogen functional groups attached to an aromatic ring is 1. The average molecular weight is 353 g/mol. The van der Waals surface area contributed by atoms with Gasteiger partial charge in [-0.3, -0.25) is 4.79 Å². The zero-order valence-electron chi connectivity index (χ0n) is 11.5. The Labute approximate surface area is 130 Å². The third-order valence-electron chi connectivity index (χ3n) is 3.01. The molecule has 0 saturated heterocycles. The number of nitrogens with two attached hydrogens (primary N) is 1. The van der Waals surface area contributed by atoms with Crippen LogP contribution in [0.15, 0.2) is 34.8 Å². The summed E-state index contributed by atoms with van der Waals surface area (Å²) in [5, 5.41) is 2.66. The molecule has 0 spiro atoms. The van der Waals surface area contributed by atoms with Gasteiger partial charge in [0.2, 0.25) is 0 Å². The highest BCUT2D eigenvalue weighted by atomic mass is 79.9. The van der Waals surface area contributed by atoms with Crippen molar-refractivity contribution in [2.45, 2.75) is 6.92 Å². The summed E-state index contributed by atoms with van der Waals surface area (Å²) in [6.07, 6.45) is 0. The van der Waals surface area contributed by atoms with Gasteiger partial charge in [-0.05, 0) is 58.7 Å². The summed E-state index contributed by atoms with van der Waals surface area (Å²) >= 11 is 3.10. The summed E-state index contributed by atoms with van der Waals surface area (Å²) in [5.74, 6) is -0.309. The lowest BCUT2D eigenvalue weighted by molar-refractivity contribution is 0.102. The fraction of sp³-hybridized carbons (Fsp3) is 0.133. The molecule has 2 aromatic carbocycles. The van der Waals surface area contributed by atoms with E-state index in [0.29, 0.717) is 27.2 Å². The fourth-order valence-electron chi connectivity index (χ4n) is 1.85. The van der Waals surface area contributed by atoms with Crippen LogP contribution in [0.3, 0.4) is 0 Å². The number of hydrogen-bond acceptors (Lipinski definition) is 3. The summed E-state index contributed by atoms with van der Waals surface area (Å²) in [4.78, 5) is 12.2. The molecule has 0 aromatic heterocycles. The number of methoxy groups -OCH3 is 1. The molecule has 0 unspecified atom stereocenters. The second-order valence-corrected chi connectivity index (χ2v) is 5.35. The van der Waals surface area contributed by atoms with Gasteiger partial charge in [0.25, 0.3) is 5.91 Å². The first-order valence-electron chi connectivity index (χ1n) is 6.13. The molecule has 21 heavy (non-hydrogen) atoms. The molecule has 1 amide bonds. The largest absolute Gasteiger partial charge is 0.495 e. The summed E-state index contributed by atoms with van der Waals surface area (Å²) in [6.45, 7) is 1.78. The smallest absolute Gasteiger partial charge is 0.255 e. The SMILES string of the molecule is COc1ccc(C(=O)Nc2cc(F)c(Br)cc2C)cc1N. The van der Waals surface area contributed by atoms with Crippen LogP contribution in [0.1, 0.15) is 15.9 Å². The molecule has 2 rings (SSSR count). The van der Waals surface area contributed by atoms with E-state index in [-0.39, 0.29) is 5.91 Å². The van der Waals surface area contributed by atoms with E-state index in [2.05, 4.69) is 21.2 Å². The molecule has 0 aliphatic rings. The molecule has 0 fully saturated rings. The van der Waals surface area contributed by atoms with Crippen LogP contribution in [0, 0.1) is 12.7 Å². The van der Waals surface area contributed by atoms with Crippen molar-refractivity contribution in [1.82, 2.24) is 0 Å². The zero-order chi connectivity index (χ0) is 15.6. The van der Waals surface area contributed by atoms with Gasteiger partial charge in [0.05, 0.1) is 17.3 Å². The Hall–Kier alpha value is -2.08. The van der Waals surface area contributed by atoms with Gasteiger partial charge in [0.1, 0.15) is 11.6 Å². The van der Waals surface area contributed by atoms with Gasteiger partial charge in [0.15, 0.2) is 0 Å². The van der Waals surface area contributed by atoms with Gasteiger partial charge < -0.3 is 15.8 Å². The lowest BCUT2D eigenvalue weighted by Crippen LogP contribution is -2.13. The Morgan fingerprint density at radius 3 is 2.67 bits per heavy atom. The van der Waals surface area contributed by atoms with Crippen LogP contribution in [0.2, 0.25) is 0 Å². The highest BCUT2D eigenvalue weighted by Crippen LogP contribution is 2.26. The average Bonchev–Trinajstić information content (AvgIpc) is 2.44. The second kappa shape index (κ2) is 6.13. The van der Waals surface area contributed by atoms with E-state index in [0.717, 1.165) is 5.56 Å². The standard InChI is InChI=1S/C15H14BrFN2O2/c1-8-5-10(16)11(17)7-13(8)19-15(20)9-3-4-14(21-2)12(18)6-9/h3-7H,18H2,1-2H3,(H,19,20). The van der Waals surface area contributed by atoms with Gasteiger partial charge in [-0.2, -0.15) is 0 Å². The molecule has 6 heteroatoms. The van der Waals surface area contributed by atoms with E-state index < -0.39 is 5.82 Å². The van der Waals surface area contributed by atoms with Crippen molar-refractivity contribution in [2.75, 3.05) is 18.2 Å². The van der Waals surface area contributed by atoms with Crippen molar-refractivity contribution < 1.29 is 13.9 Å². The first kappa shape index (κ1) is 15.3. The van der Waals surface area contributed by atoms with Crippen LogP contribution in [-0.4, -0.2) is 13.0 Å². The van der Waals surface area contributed by atoms with Crippen LogP contribution in [0.5, 0.6) is 5.75 Å². The summed E-state index contributed by atoms with van der Waals surface area (Å²) < 4.78 is 18.9.